The smallest absolute Gasteiger partial charge is 0.229 e. The zero-order valence-corrected chi connectivity index (χ0v) is 15.7. The van der Waals surface area contributed by atoms with Gasteiger partial charge in [0.15, 0.2) is 0 Å². The molecule has 1 aliphatic heterocycles. The topological polar surface area (TPSA) is 58.6 Å². The lowest BCUT2D eigenvalue weighted by molar-refractivity contribution is -0.128. The number of nitrogens with one attached hydrogen (secondary N) is 1. The number of anilines is 1. The Labute approximate surface area is 161 Å². The third kappa shape index (κ3) is 4.11. The van der Waals surface area contributed by atoms with Crippen LogP contribution in [0.3, 0.4) is 0 Å². The first-order valence-corrected chi connectivity index (χ1v) is 8.89. The van der Waals surface area contributed by atoms with Crippen LogP contribution in [0, 0.1) is 5.92 Å². The van der Waals surface area contributed by atoms with Crippen LogP contribution >= 0.6 is 23.2 Å². The van der Waals surface area contributed by atoms with E-state index in [2.05, 4.69) is 5.32 Å². The highest BCUT2D eigenvalue weighted by Crippen LogP contribution is 2.31. The molecule has 2 aromatic rings. The van der Waals surface area contributed by atoms with Crippen LogP contribution in [0.5, 0.6) is 5.75 Å². The summed E-state index contributed by atoms with van der Waals surface area (Å²) in [6, 6.07) is 12.5. The van der Waals surface area contributed by atoms with Crippen LogP contribution < -0.4 is 10.1 Å². The summed E-state index contributed by atoms with van der Waals surface area (Å²) in [6.07, 6.45) is 0.171. The number of amides is 2. The highest BCUT2D eigenvalue weighted by molar-refractivity contribution is 6.39. The lowest BCUT2D eigenvalue weighted by Gasteiger charge is -2.17. The number of ether oxygens (including phenoxy) is 1. The quantitative estimate of drug-likeness (QED) is 0.836. The zero-order chi connectivity index (χ0) is 18.7. The Morgan fingerprint density at radius 3 is 2.46 bits per heavy atom. The van der Waals surface area contributed by atoms with E-state index in [0.717, 1.165) is 11.3 Å². The molecule has 26 heavy (non-hydrogen) atoms. The van der Waals surface area contributed by atoms with E-state index in [4.69, 9.17) is 27.9 Å². The summed E-state index contributed by atoms with van der Waals surface area (Å²) < 4.78 is 5.13. The Morgan fingerprint density at radius 1 is 1.19 bits per heavy atom. The maximum Gasteiger partial charge on any atom is 0.229 e. The normalized spacial score (nSPS) is 16.7. The Hall–Kier alpha value is -2.24. The highest BCUT2D eigenvalue weighted by Gasteiger charge is 2.34. The van der Waals surface area contributed by atoms with Gasteiger partial charge in [0.1, 0.15) is 5.75 Å². The lowest BCUT2D eigenvalue weighted by atomic mass is 10.1. The minimum absolute atomic E-state index is 0.0498. The summed E-state index contributed by atoms with van der Waals surface area (Å²) in [5, 5.41) is 3.47. The molecule has 2 amide bonds. The number of halogens is 2. The first-order chi connectivity index (χ1) is 12.5. The number of hydrogen-bond acceptors (Lipinski definition) is 3. The Morgan fingerprint density at radius 2 is 1.85 bits per heavy atom. The SMILES string of the molecule is COc1ccc(CN2CC(C(=O)Nc3c(Cl)cccc3Cl)CC2=O)cc1. The third-order valence-electron chi connectivity index (χ3n) is 4.33. The number of hydrogen-bond donors (Lipinski definition) is 1. The summed E-state index contributed by atoms with van der Waals surface area (Å²) in [4.78, 5) is 26.5. The fraction of sp³-hybridized carbons (Fsp3) is 0.263. The molecular formula is C19H18Cl2N2O3. The van der Waals surface area contributed by atoms with Crippen molar-refractivity contribution >= 4 is 40.7 Å². The summed E-state index contributed by atoms with van der Waals surface area (Å²) in [5.74, 6) is 0.0141. The molecule has 0 spiro atoms. The van der Waals surface area contributed by atoms with E-state index in [1.807, 2.05) is 24.3 Å². The molecule has 1 unspecified atom stereocenters. The molecule has 1 saturated heterocycles. The van der Waals surface area contributed by atoms with Crippen LogP contribution in [0.25, 0.3) is 0 Å². The molecule has 0 aliphatic carbocycles. The van der Waals surface area contributed by atoms with Crippen LogP contribution in [0.15, 0.2) is 42.5 Å². The van der Waals surface area contributed by atoms with Gasteiger partial charge in [0, 0.05) is 19.5 Å². The molecule has 136 valence electrons. The van der Waals surface area contributed by atoms with Gasteiger partial charge >= 0.3 is 0 Å². The largest absolute Gasteiger partial charge is 0.497 e. The van der Waals surface area contributed by atoms with Crippen molar-refractivity contribution in [1.29, 1.82) is 0 Å². The van der Waals surface area contributed by atoms with Crippen LogP contribution in [-0.2, 0) is 16.1 Å². The van der Waals surface area contributed by atoms with E-state index in [0.29, 0.717) is 28.8 Å². The monoisotopic (exact) mass is 392 g/mol. The van der Waals surface area contributed by atoms with Crippen molar-refractivity contribution in [2.24, 2.45) is 5.92 Å². The second-order valence-electron chi connectivity index (χ2n) is 6.11. The molecule has 5 nitrogen and oxygen atoms in total. The molecule has 2 aromatic carbocycles. The van der Waals surface area contributed by atoms with Gasteiger partial charge in [-0.2, -0.15) is 0 Å². The average molecular weight is 393 g/mol. The van der Waals surface area contributed by atoms with E-state index in [1.165, 1.54) is 0 Å². The van der Waals surface area contributed by atoms with E-state index < -0.39 is 5.92 Å². The molecule has 1 aliphatic rings. The number of carbonyl (C=O) groups is 2. The van der Waals surface area contributed by atoms with Gasteiger partial charge in [0.2, 0.25) is 11.8 Å². The molecule has 3 rings (SSSR count). The predicted molar refractivity (Wildman–Crippen MR) is 102 cm³/mol. The van der Waals surface area contributed by atoms with Gasteiger partial charge in [0.25, 0.3) is 0 Å². The van der Waals surface area contributed by atoms with Gasteiger partial charge in [0.05, 0.1) is 28.8 Å². The first-order valence-electron chi connectivity index (χ1n) is 8.13. The Kier molecular flexibility index (Phi) is 5.69. The molecule has 0 saturated carbocycles. The minimum Gasteiger partial charge on any atom is -0.497 e. The highest BCUT2D eigenvalue weighted by atomic mass is 35.5. The van der Waals surface area contributed by atoms with E-state index in [9.17, 15) is 9.59 Å². The second kappa shape index (κ2) is 7.98. The number of para-hydroxylation sites is 1. The number of rotatable bonds is 5. The van der Waals surface area contributed by atoms with E-state index >= 15 is 0 Å². The fourth-order valence-corrected chi connectivity index (χ4v) is 3.39. The van der Waals surface area contributed by atoms with E-state index in [1.54, 1.807) is 30.2 Å². The molecule has 7 heteroatoms. The van der Waals surface area contributed by atoms with Crippen molar-refractivity contribution in [2.75, 3.05) is 19.0 Å². The van der Waals surface area contributed by atoms with Crippen molar-refractivity contribution in [3.63, 3.8) is 0 Å². The van der Waals surface area contributed by atoms with Crippen molar-refractivity contribution in [1.82, 2.24) is 4.90 Å². The Balaban J connectivity index is 1.64. The van der Waals surface area contributed by atoms with Gasteiger partial charge in [-0.05, 0) is 29.8 Å². The fourth-order valence-electron chi connectivity index (χ4n) is 2.89. The molecule has 1 fully saturated rings. The molecular weight excluding hydrogens is 375 g/mol. The molecule has 1 atom stereocenters. The Bertz CT molecular complexity index is 804. The number of benzene rings is 2. The van der Waals surface area contributed by atoms with Gasteiger partial charge in [-0.1, -0.05) is 41.4 Å². The van der Waals surface area contributed by atoms with Crippen LogP contribution in [0.4, 0.5) is 5.69 Å². The second-order valence-corrected chi connectivity index (χ2v) is 6.92. The zero-order valence-electron chi connectivity index (χ0n) is 14.2. The summed E-state index contributed by atoms with van der Waals surface area (Å²) in [6.45, 7) is 0.818. The summed E-state index contributed by atoms with van der Waals surface area (Å²) in [5.41, 5.74) is 1.36. The van der Waals surface area contributed by atoms with Crippen LogP contribution in [-0.4, -0.2) is 30.4 Å². The number of nitrogens with zero attached hydrogens (tertiary/aromatic N) is 1. The van der Waals surface area contributed by atoms with Crippen molar-refractivity contribution < 1.29 is 14.3 Å². The van der Waals surface area contributed by atoms with Gasteiger partial charge in [-0.15, -0.1) is 0 Å². The molecule has 0 bridgehead atoms. The van der Waals surface area contributed by atoms with Crippen LogP contribution in [0.2, 0.25) is 10.0 Å². The van der Waals surface area contributed by atoms with Gasteiger partial charge in [-0.3, -0.25) is 9.59 Å². The summed E-state index contributed by atoms with van der Waals surface area (Å²) in [7, 11) is 1.60. The van der Waals surface area contributed by atoms with Crippen LogP contribution in [0.1, 0.15) is 12.0 Å². The third-order valence-corrected chi connectivity index (χ3v) is 4.96. The maximum atomic E-state index is 12.5. The van der Waals surface area contributed by atoms with Crippen molar-refractivity contribution in [3.05, 3.63) is 58.1 Å². The molecule has 1 N–H and O–H groups in total. The molecule has 0 aromatic heterocycles. The lowest BCUT2D eigenvalue weighted by Crippen LogP contribution is -2.28. The number of methoxy groups -OCH3 is 1. The first kappa shape index (κ1) is 18.5. The van der Waals surface area contributed by atoms with Crippen molar-refractivity contribution in [2.45, 2.75) is 13.0 Å². The predicted octanol–water partition coefficient (Wildman–Crippen LogP) is 3.99. The molecule has 1 heterocycles. The number of likely N-dealkylation sites (tertiary alicyclic amines) is 1. The van der Waals surface area contributed by atoms with Gasteiger partial charge in [-0.25, -0.2) is 0 Å². The molecule has 0 radical (unpaired) electrons. The maximum absolute atomic E-state index is 12.5. The van der Waals surface area contributed by atoms with Crippen molar-refractivity contribution in [3.8, 4) is 5.75 Å². The number of carbonyl (C=O) groups excluding carboxylic acids is 2. The minimum atomic E-state index is -0.437. The average Bonchev–Trinajstić information content (AvgIpc) is 2.99. The van der Waals surface area contributed by atoms with Gasteiger partial charge < -0.3 is 15.0 Å². The summed E-state index contributed by atoms with van der Waals surface area (Å²) >= 11 is 12.2. The van der Waals surface area contributed by atoms with E-state index in [-0.39, 0.29) is 18.2 Å². The standard InChI is InChI=1S/C19H18Cl2N2O3/c1-26-14-7-5-12(6-8-14)10-23-11-13(9-17(23)24)19(25)22-18-15(20)3-2-4-16(18)21/h2-8,13H,9-11H2,1H3,(H,22,25).